The summed E-state index contributed by atoms with van der Waals surface area (Å²) >= 11 is 0. The summed E-state index contributed by atoms with van der Waals surface area (Å²) < 4.78 is 15.9. The van der Waals surface area contributed by atoms with Crippen molar-refractivity contribution in [3.63, 3.8) is 0 Å². The summed E-state index contributed by atoms with van der Waals surface area (Å²) in [6, 6.07) is 11.8. The first-order valence-corrected chi connectivity index (χ1v) is 12.4. The smallest absolute Gasteiger partial charge is 0.149 e. The van der Waals surface area contributed by atoms with Gasteiger partial charge in [0.05, 0.1) is 22.7 Å². The summed E-state index contributed by atoms with van der Waals surface area (Å²) in [6.07, 6.45) is 6.77. The number of hydrogen-bond donors (Lipinski definition) is 2. The number of pyridine rings is 1. The van der Waals surface area contributed by atoms with E-state index in [9.17, 15) is 5.11 Å². The van der Waals surface area contributed by atoms with Crippen molar-refractivity contribution in [2.45, 2.75) is 31.3 Å². The lowest BCUT2D eigenvalue weighted by Crippen LogP contribution is -2.37. The molecule has 7 rings (SSSR count). The van der Waals surface area contributed by atoms with Gasteiger partial charge in [-0.1, -0.05) is 0 Å². The summed E-state index contributed by atoms with van der Waals surface area (Å²) in [7, 11) is 0. The van der Waals surface area contributed by atoms with E-state index in [2.05, 4.69) is 32.1 Å². The number of fused-ring (bicyclic) bond motifs is 2. The molecule has 4 aromatic heterocycles. The molecule has 5 aromatic rings. The summed E-state index contributed by atoms with van der Waals surface area (Å²) in [4.78, 5) is 15.7. The average molecular weight is 499 g/mol. The number of aromatic nitrogens is 6. The van der Waals surface area contributed by atoms with Crippen molar-refractivity contribution in [3.05, 3.63) is 61.3 Å². The molecule has 0 unspecified atom stereocenters. The third-order valence-corrected chi connectivity index (χ3v) is 7.13. The molecule has 2 saturated heterocycles. The first kappa shape index (κ1) is 22.0. The number of ether oxygens (including phenoxy) is 2. The number of anilines is 2. The van der Waals surface area contributed by atoms with E-state index in [0.29, 0.717) is 29.0 Å². The second kappa shape index (κ2) is 8.71. The Hall–Kier alpha value is -4.22. The van der Waals surface area contributed by atoms with Gasteiger partial charge in [-0.2, -0.15) is 5.10 Å². The Morgan fingerprint density at radius 2 is 2.05 bits per heavy atom. The highest BCUT2D eigenvalue weighted by molar-refractivity contribution is 5.94. The lowest BCUT2D eigenvalue weighted by atomic mass is 10.1. The van der Waals surface area contributed by atoms with Crippen LogP contribution in [0.1, 0.15) is 19.1 Å². The number of aliphatic hydroxyl groups is 1. The molecule has 0 saturated carbocycles. The van der Waals surface area contributed by atoms with Crippen LogP contribution in [0.25, 0.3) is 27.6 Å². The Labute approximate surface area is 212 Å². The Morgan fingerprint density at radius 3 is 2.86 bits per heavy atom. The number of rotatable bonds is 6. The van der Waals surface area contributed by atoms with Gasteiger partial charge in [0.2, 0.25) is 0 Å². The molecule has 0 bridgehead atoms. The van der Waals surface area contributed by atoms with Gasteiger partial charge < -0.3 is 29.8 Å². The highest BCUT2D eigenvalue weighted by atomic mass is 16.6. The topological polar surface area (TPSA) is 129 Å². The lowest BCUT2D eigenvalue weighted by molar-refractivity contribution is -0.0379. The zero-order valence-electron chi connectivity index (χ0n) is 20.0. The first-order valence-electron chi connectivity index (χ1n) is 12.4. The minimum absolute atomic E-state index is 0.206. The second-order valence-electron chi connectivity index (χ2n) is 9.44. The molecular formula is C26H26N8O3. The van der Waals surface area contributed by atoms with Gasteiger partial charge in [-0.25, -0.2) is 19.6 Å². The Kier molecular flexibility index (Phi) is 5.18. The van der Waals surface area contributed by atoms with Crippen LogP contribution in [0.5, 0.6) is 5.75 Å². The maximum Gasteiger partial charge on any atom is 0.149 e. The van der Waals surface area contributed by atoms with Gasteiger partial charge in [-0.15, -0.1) is 0 Å². The van der Waals surface area contributed by atoms with E-state index < -0.39 is 18.4 Å². The van der Waals surface area contributed by atoms with Crippen molar-refractivity contribution in [3.8, 4) is 11.4 Å². The molecule has 0 aliphatic carbocycles. The SMILES string of the molecule is Nc1ncnc2c1c(-n1cccn1)cn2[C@H]1C[C@H](O)[C@@H](COc2ccc3ccc(N4CCC4)nc3c2)O1. The summed E-state index contributed by atoms with van der Waals surface area (Å²) in [5, 5.41) is 16.9. The minimum Gasteiger partial charge on any atom is -0.491 e. The van der Waals surface area contributed by atoms with Crippen molar-refractivity contribution in [1.82, 2.24) is 29.3 Å². The van der Waals surface area contributed by atoms with Crippen molar-refractivity contribution < 1.29 is 14.6 Å². The largest absolute Gasteiger partial charge is 0.491 e. The van der Waals surface area contributed by atoms with Crippen LogP contribution in [-0.2, 0) is 4.74 Å². The van der Waals surface area contributed by atoms with Gasteiger partial charge in [0.25, 0.3) is 0 Å². The standard InChI is InChI=1S/C26H26N8O3/c27-25-24-19(34-10-1-7-30-34)13-33(26(24)29-15-28-25)23-12-20(35)21(37-23)14-36-17-5-3-16-4-6-22(31-18(16)11-17)32-8-2-9-32/h1,3-7,10-11,13,15,20-21,23,35H,2,8-9,12,14H2,(H2,27,28,29)/t20-,21+,23+/m0/s1. The molecule has 11 nitrogen and oxygen atoms in total. The summed E-state index contributed by atoms with van der Waals surface area (Å²) in [6.45, 7) is 2.30. The monoisotopic (exact) mass is 498 g/mol. The van der Waals surface area contributed by atoms with Crippen LogP contribution in [0.3, 0.4) is 0 Å². The van der Waals surface area contributed by atoms with Crippen LogP contribution in [0, 0.1) is 0 Å². The van der Waals surface area contributed by atoms with Crippen LogP contribution in [-0.4, -0.2) is 66.3 Å². The van der Waals surface area contributed by atoms with Crippen LogP contribution >= 0.6 is 0 Å². The summed E-state index contributed by atoms with van der Waals surface area (Å²) in [5.41, 5.74) is 8.45. The van der Waals surface area contributed by atoms with Gasteiger partial charge in [0.1, 0.15) is 48.3 Å². The Morgan fingerprint density at radius 1 is 1.16 bits per heavy atom. The van der Waals surface area contributed by atoms with Crippen molar-refractivity contribution in [1.29, 1.82) is 0 Å². The van der Waals surface area contributed by atoms with Gasteiger partial charge >= 0.3 is 0 Å². The molecular weight excluding hydrogens is 472 g/mol. The van der Waals surface area contributed by atoms with Gasteiger partial charge in [0, 0.05) is 49.6 Å². The fourth-order valence-corrected chi connectivity index (χ4v) is 5.00. The van der Waals surface area contributed by atoms with E-state index in [-0.39, 0.29) is 6.61 Å². The highest BCUT2D eigenvalue weighted by Gasteiger charge is 2.37. The normalized spacial score (nSPS) is 21.5. The molecule has 6 heterocycles. The van der Waals surface area contributed by atoms with Gasteiger partial charge in [0.15, 0.2) is 0 Å². The molecule has 3 N–H and O–H groups in total. The average Bonchev–Trinajstić information content (AvgIpc) is 3.60. The van der Waals surface area contributed by atoms with Crippen LogP contribution in [0.15, 0.2) is 61.3 Å². The third-order valence-electron chi connectivity index (χ3n) is 7.13. The number of aliphatic hydroxyl groups excluding tert-OH is 1. The molecule has 188 valence electrons. The maximum atomic E-state index is 10.8. The quantitative estimate of drug-likeness (QED) is 0.363. The fourth-order valence-electron chi connectivity index (χ4n) is 5.00. The van der Waals surface area contributed by atoms with E-state index in [4.69, 9.17) is 20.2 Å². The summed E-state index contributed by atoms with van der Waals surface area (Å²) in [5.74, 6) is 2.04. The number of nitrogens with zero attached hydrogens (tertiary/aromatic N) is 7. The van der Waals surface area contributed by atoms with Crippen LogP contribution in [0.2, 0.25) is 0 Å². The second-order valence-corrected chi connectivity index (χ2v) is 9.44. The fraction of sp³-hybridized carbons (Fsp3) is 0.308. The lowest BCUT2D eigenvalue weighted by Gasteiger charge is -2.32. The molecule has 1 aromatic carbocycles. The van der Waals surface area contributed by atoms with Gasteiger partial charge in [-0.3, -0.25) is 0 Å². The molecule has 0 radical (unpaired) electrons. The molecule has 2 fully saturated rings. The first-order chi connectivity index (χ1) is 18.1. The Bertz CT molecular complexity index is 1580. The van der Waals surface area contributed by atoms with Gasteiger partial charge in [-0.05, 0) is 36.8 Å². The minimum atomic E-state index is -0.702. The predicted molar refractivity (Wildman–Crippen MR) is 138 cm³/mol. The Balaban J connectivity index is 1.10. The van der Waals surface area contributed by atoms with Crippen LogP contribution < -0.4 is 15.4 Å². The molecule has 0 amide bonds. The molecule has 37 heavy (non-hydrogen) atoms. The molecule has 3 atom stereocenters. The van der Waals surface area contributed by atoms with E-state index in [0.717, 1.165) is 35.5 Å². The molecule has 0 spiro atoms. The van der Waals surface area contributed by atoms with Crippen molar-refractivity contribution >= 4 is 33.6 Å². The van der Waals surface area contributed by atoms with E-state index >= 15 is 0 Å². The number of hydrogen-bond acceptors (Lipinski definition) is 9. The number of nitrogen functional groups attached to an aromatic ring is 1. The maximum absolute atomic E-state index is 10.8. The molecule has 2 aliphatic heterocycles. The van der Waals surface area contributed by atoms with E-state index in [1.54, 1.807) is 10.9 Å². The molecule has 2 aliphatic rings. The van der Waals surface area contributed by atoms with E-state index in [1.165, 1.54) is 12.7 Å². The zero-order valence-corrected chi connectivity index (χ0v) is 20.0. The number of nitrogens with two attached hydrogens (primary N) is 1. The van der Waals surface area contributed by atoms with Crippen molar-refractivity contribution in [2.24, 2.45) is 0 Å². The highest BCUT2D eigenvalue weighted by Crippen LogP contribution is 2.36. The van der Waals surface area contributed by atoms with Crippen molar-refractivity contribution in [2.75, 3.05) is 30.3 Å². The number of benzene rings is 1. The molecule has 11 heteroatoms. The van der Waals surface area contributed by atoms with Crippen LogP contribution in [0.4, 0.5) is 11.6 Å². The predicted octanol–water partition coefficient (Wildman–Crippen LogP) is 2.68. The van der Waals surface area contributed by atoms with E-state index in [1.807, 2.05) is 41.2 Å². The third kappa shape index (κ3) is 3.83. The zero-order chi connectivity index (χ0) is 24.9.